The highest BCUT2D eigenvalue weighted by Crippen LogP contribution is 2.09. The average Bonchev–Trinajstić information content (AvgIpc) is 2.19. The number of carbonyl (C=O) groups excluding carboxylic acids is 1. The van der Waals surface area contributed by atoms with Gasteiger partial charge in [-0.2, -0.15) is 0 Å². The molecule has 0 aromatic heterocycles. The van der Waals surface area contributed by atoms with E-state index in [0.717, 1.165) is 38.9 Å². The lowest BCUT2D eigenvalue weighted by atomic mass is 10.1. The van der Waals surface area contributed by atoms with Gasteiger partial charge in [0.2, 0.25) is 0 Å². The highest BCUT2D eigenvalue weighted by molar-refractivity contribution is 5.74. The lowest BCUT2D eigenvalue weighted by molar-refractivity contribution is 0.201. The molecule has 0 spiro atoms. The van der Waals surface area contributed by atoms with Gasteiger partial charge in [-0.25, -0.2) is 4.79 Å². The van der Waals surface area contributed by atoms with Crippen molar-refractivity contribution in [3.8, 4) is 0 Å². The molecular formula is C11H20N2O. The van der Waals surface area contributed by atoms with Crippen LogP contribution in [0.3, 0.4) is 0 Å². The zero-order valence-electron chi connectivity index (χ0n) is 9.18. The summed E-state index contributed by atoms with van der Waals surface area (Å²) in [5.41, 5.74) is 1.39. The SMILES string of the molecule is CCCCNC(=O)N1CC=C(C)CC1. The topological polar surface area (TPSA) is 32.3 Å². The molecular weight excluding hydrogens is 176 g/mol. The zero-order valence-corrected chi connectivity index (χ0v) is 9.18. The van der Waals surface area contributed by atoms with E-state index in [0.29, 0.717) is 0 Å². The highest BCUT2D eigenvalue weighted by atomic mass is 16.2. The molecule has 2 amide bonds. The third-order valence-electron chi connectivity index (χ3n) is 2.53. The van der Waals surface area contributed by atoms with Crippen LogP contribution in [0.25, 0.3) is 0 Å². The standard InChI is InChI=1S/C11H20N2O/c1-3-4-7-12-11(14)13-8-5-10(2)6-9-13/h5H,3-4,6-9H2,1-2H3,(H,12,14). The van der Waals surface area contributed by atoms with Crippen LogP contribution in [-0.2, 0) is 0 Å². The minimum atomic E-state index is 0.0854. The van der Waals surface area contributed by atoms with Crippen LogP contribution >= 0.6 is 0 Å². The molecule has 14 heavy (non-hydrogen) atoms. The molecule has 0 saturated carbocycles. The third-order valence-corrected chi connectivity index (χ3v) is 2.53. The van der Waals surface area contributed by atoms with Crippen molar-refractivity contribution in [3.05, 3.63) is 11.6 Å². The molecule has 1 N–H and O–H groups in total. The fourth-order valence-corrected chi connectivity index (χ4v) is 1.44. The molecule has 0 unspecified atom stereocenters. The fraction of sp³-hybridized carbons (Fsp3) is 0.727. The quantitative estimate of drug-likeness (QED) is 0.544. The summed E-state index contributed by atoms with van der Waals surface area (Å²) in [5.74, 6) is 0. The monoisotopic (exact) mass is 196 g/mol. The molecule has 0 saturated heterocycles. The maximum atomic E-state index is 11.6. The fourth-order valence-electron chi connectivity index (χ4n) is 1.44. The van der Waals surface area contributed by atoms with E-state index in [2.05, 4.69) is 25.2 Å². The summed E-state index contributed by atoms with van der Waals surface area (Å²) in [7, 11) is 0. The first-order valence-electron chi connectivity index (χ1n) is 5.42. The summed E-state index contributed by atoms with van der Waals surface area (Å²) in [6.07, 6.45) is 5.33. The molecule has 0 aromatic rings. The van der Waals surface area contributed by atoms with Gasteiger partial charge in [0.25, 0.3) is 0 Å². The van der Waals surface area contributed by atoms with Crippen LogP contribution in [0.4, 0.5) is 4.79 Å². The number of rotatable bonds is 3. The van der Waals surface area contributed by atoms with E-state index < -0.39 is 0 Å². The second kappa shape index (κ2) is 5.68. The van der Waals surface area contributed by atoms with Crippen LogP contribution in [-0.4, -0.2) is 30.6 Å². The van der Waals surface area contributed by atoms with Gasteiger partial charge in [0.05, 0.1) is 0 Å². The van der Waals surface area contributed by atoms with Gasteiger partial charge in [-0.05, 0) is 19.8 Å². The molecule has 0 radical (unpaired) electrons. The van der Waals surface area contributed by atoms with Crippen molar-refractivity contribution >= 4 is 6.03 Å². The number of carbonyl (C=O) groups is 1. The van der Waals surface area contributed by atoms with Gasteiger partial charge in [-0.1, -0.05) is 25.0 Å². The lowest BCUT2D eigenvalue weighted by Gasteiger charge is -2.25. The molecule has 3 heteroatoms. The largest absolute Gasteiger partial charge is 0.338 e. The summed E-state index contributed by atoms with van der Waals surface area (Å²) < 4.78 is 0. The summed E-state index contributed by atoms with van der Waals surface area (Å²) in [5, 5.41) is 2.93. The normalized spacial score (nSPS) is 16.4. The van der Waals surface area contributed by atoms with Crippen LogP contribution < -0.4 is 5.32 Å². The molecule has 0 aromatic carbocycles. The van der Waals surface area contributed by atoms with Gasteiger partial charge in [0.1, 0.15) is 0 Å². The molecule has 1 aliphatic heterocycles. The average molecular weight is 196 g/mol. The van der Waals surface area contributed by atoms with Crippen LogP contribution in [0, 0.1) is 0 Å². The predicted molar refractivity (Wildman–Crippen MR) is 58.3 cm³/mol. The van der Waals surface area contributed by atoms with Gasteiger partial charge >= 0.3 is 6.03 Å². The number of nitrogens with zero attached hydrogens (tertiary/aromatic N) is 1. The van der Waals surface area contributed by atoms with Crippen LogP contribution in [0.15, 0.2) is 11.6 Å². The van der Waals surface area contributed by atoms with Crippen molar-refractivity contribution < 1.29 is 4.79 Å². The molecule has 1 heterocycles. The van der Waals surface area contributed by atoms with E-state index in [1.54, 1.807) is 0 Å². The minimum absolute atomic E-state index is 0.0854. The Morgan fingerprint density at radius 1 is 1.64 bits per heavy atom. The second-order valence-corrected chi connectivity index (χ2v) is 3.83. The summed E-state index contributed by atoms with van der Waals surface area (Å²) >= 11 is 0. The summed E-state index contributed by atoms with van der Waals surface area (Å²) in [6.45, 7) is 6.67. The summed E-state index contributed by atoms with van der Waals surface area (Å²) in [4.78, 5) is 13.4. The van der Waals surface area contributed by atoms with E-state index in [4.69, 9.17) is 0 Å². The Hall–Kier alpha value is -0.990. The van der Waals surface area contributed by atoms with Gasteiger partial charge in [-0.3, -0.25) is 0 Å². The Morgan fingerprint density at radius 3 is 3.00 bits per heavy atom. The molecule has 0 atom stereocenters. The van der Waals surface area contributed by atoms with Crippen LogP contribution in [0.2, 0.25) is 0 Å². The van der Waals surface area contributed by atoms with E-state index in [1.165, 1.54) is 5.57 Å². The first kappa shape index (κ1) is 11.1. The lowest BCUT2D eigenvalue weighted by Crippen LogP contribution is -2.42. The van der Waals surface area contributed by atoms with Gasteiger partial charge in [-0.15, -0.1) is 0 Å². The number of unbranched alkanes of at least 4 members (excludes halogenated alkanes) is 1. The summed E-state index contributed by atoms with van der Waals surface area (Å²) in [6, 6.07) is 0.0854. The first-order valence-corrected chi connectivity index (χ1v) is 5.42. The Bertz CT molecular complexity index is 223. The van der Waals surface area contributed by atoms with Crippen molar-refractivity contribution in [3.63, 3.8) is 0 Å². The van der Waals surface area contributed by atoms with Crippen molar-refractivity contribution in [1.82, 2.24) is 10.2 Å². The van der Waals surface area contributed by atoms with Gasteiger partial charge in [0, 0.05) is 19.6 Å². The molecule has 0 aliphatic carbocycles. The minimum Gasteiger partial charge on any atom is -0.338 e. The smallest absolute Gasteiger partial charge is 0.317 e. The molecule has 80 valence electrons. The van der Waals surface area contributed by atoms with E-state index >= 15 is 0 Å². The Kier molecular flexibility index (Phi) is 4.50. The predicted octanol–water partition coefficient (Wildman–Crippen LogP) is 2.15. The van der Waals surface area contributed by atoms with Crippen LogP contribution in [0.5, 0.6) is 0 Å². The van der Waals surface area contributed by atoms with Crippen molar-refractivity contribution in [2.45, 2.75) is 33.1 Å². The Morgan fingerprint density at radius 2 is 2.43 bits per heavy atom. The number of hydrogen-bond donors (Lipinski definition) is 1. The zero-order chi connectivity index (χ0) is 10.4. The second-order valence-electron chi connectivity index (χ2n) is 3.83. The molecule has 0 bridgehead atoms. The molecule has 0 fully saturated rings. The van der Waals surface area contributed by atoms with E-state index in [9.17, 15) is 4.79 Å². The first-order chi connectivity index (χ1) is 6.74. The number of amides is 2. The van der Waals surface area contributed by atoms with Gasteiger partial charge < -0.3 is 10.2 Å². The number of nitrogens with one attached hydrogen (secondary N) is 1. The highest BCUT2D eigenvalue weighted by Gasteiger charge is 2.14. The Labute approximate surface area is 86.2 Å². The van der Waals surface area contributed by atoms with Crippen molar-refractivity contribution in [2.24, 2.45) is 0 Å². The van der Waals surface area contributed by atoms with Crippen molar-refractivity contribution in [1.29, 1.82) is 0 Å². The number of hydrogen-bond acceptors (Lipinski definition) is 1. The third kappa shape index (κ3) is 3.40. The van der Waals surface area contributed by atoms with Crippen LogP contribution in [0.1, 0.15) is 33.1 Å². The van der Waals surface area contributed by atoms with E-state index in [-0.39, 0.29) is 6.03 Å². The van der Waals surface area contributed by atoms with Gasteiger partial charge in [0.15, 0.2) is 0 Å². The Balaban J connectivity index is 2.25. The maximum Gasteiger partial charge on any atom is 0.317 e. The number of urea groups is 1. The van der Waals surface area contributed by atoms with Crippen molar-refractivity contribution in [2.75, 3.05) is 19.6 Å². The molecule has 1 aliphatic rings. The van der Waals surface area contributed by atoms with E-state index in [1.807, 2.05) is 4.90 Å². The molecule has 3 nitrogen and oxygen atoms in total. The maximum absolute atomic E-state index is 11.6. The molecule has 1 rings (SSSR count).